The summed E-state index contributed by atoms with van der Waals surface area (Å²) in [6.45, 7) is 2.06. The van der Waals surface area contributed by atoms with Crippen molar-refractivity contribution in [2.24, 2.45) is 0 Å². The number of hydrogen-bond acceptors (Lipinski definition) is 4. The molecular weight excluding hydrogens is 136 g/mol. The number of carbonyl (C=O) groups is 3. The molecule has 0 aliphatic carbocycles. The first-order chi connectivity index (χ1) is 4.46. The number of aliphatic hydroxyl groups is 1. The Labute approximate surface area is 57.8 Å². The van der Waals surface area contributed by atoms with E-state index in [2.05, 4.69) is 0 Å². The van der Waals surface area contributed by atoms with E-state index >= 15 is 0 Å². The zero-order valence-corrected chi connectivity index (χ0v) is 5.75. The molecule has 0 amide bonds. The summed E-state index contributed by atoms with van der Waals surface area (Å²) in [5.74, 6) is -2.56. The Kier molecular flexibility index (Phi) is 2.89. The smallest absolute Gasteiger partial charge is 0.234 e. The highest BCUT2D eigenvalue weighted by Crippen LogP contribution is 1.88. The van der Waals surface area contributed by atoms with Crippen molar-refractivity contribution in [2.75, 3.05) is 0 Å². The van der Waals surface area contributed by atoms with Gasteiger partial charge in [0.1, 0.15) is 0 Å². The molecule has 4 heteroatoms. The summed E-state index contributed by atoms with van der Waals surface area (Å²) in [7, 11) is 0. The molecule has 10 heavy (non-hydrogen) atoms. The van der Waals surface area contributed by atoms with E-state index in [1.165, 1.54) is 0 Å². The van der Waals surface area contributed by atoms with E-state index < -0.39 is 23.5 Å². The standard InChI is InChI=1S/C6H8O4/c1-3(7)5(9)6(10)4(2)8/h5,9H,1-2H3. The number of carbonyl (C=O) groups excluding carboxylic acids is 3. The Balaban J connectivity index is 4.22. The maximum atomic E-state index is 10.5. The van der Waals surface area contributed by atoms with Crippen molar-refractivity contribution in [1.29, 1.82) is 0 Å². The van der Waals surface area contributed by atoms with Gasteiger partial charge >= 0.3 is 0 Å². The van der Waals surface area contributed by atoms with Gasteiger partial charge in [-0.15, -0.1) is 0 Å². The van der Waals surface area contributed by atoms with E-state index in [4.69, 9.17) is 5.11 Å². The second-order valence-electron chi connectivity index (χ2n) is 1.93. The fourth-order valence-corrected chi connectivity index (χ4v) is 0.377. The van der Waals surface area contributed by atoms with Crippen LogP contribution in [0.1, 0.15) is 13.8 Å². The minimum absolute atomic E-state index is 0.708. The summed E-state index contributed by atoms with van der Waals surface area (Å²) >= 11 is 0. The van der Waals surface area contributed by atoms with Crippen LogP contribution in [0.2, 0.25) is 0 Å². The number of aliphatic hydroxyl groups excluding tert-OH is 1. The van der Waals surface area contributed by atoms with E-state index in [-0.39, 0.29) is 0 Å². The lowest BCUT2D eigenvalue weighted by Gasteiger charge is -1.99. The number of hydrogen-bond donors (Lipinski definition) is 1. The largest absolute Gasteiger partial charge is 0.377 e. The topological polar surface area (TPSA) is 71.4 Å². The molecule has 0 aromatic carbocycles. The zero-order chi connectivity index (χ0) is 8.31. The summed E-state index contributed by atoms with van der Waals surface area (Å²) in [6, 6.07) is 0. The molecule has 0 aliphatic heterocycles. The summed E-state index contributed by atoms with van der Waals surface area (Å²) in [4.78, 5) is 31.0. The van der Waals surface area contributed by atoms with Crippen LogP contribution in [0.5, 0.6) is 0 Å². The van der Waals surface area contributed by atoms with E-state index in [1.54, 1.807) is 0 Å². The molecule has 1 unspecified atom stereocenters. The predicted octanol–water partition coefficient (Wildman–Crippen LogP) is -0.906. The number of rotatable bonds is 3. The third kappa shape index (κ3) is 2.06. The maximum absolute atomic E-state index is 10.5. The monoisotopic (exact) mass is 144 g/mol. The zero-order valence-electron chi connectivity index (χ0n) is 5.75. The Hall–Kier alpha value is -1.03. The SMILES string of the molecule is CC(=O)C(=O)C(O)C(C)=O. The highest BCUT2D eigenvalue weighted by Gasteiger charge is 2.22. The molecule has 1 N–H and O–H groups in total. The third-order valence-corrected chi connectivity index (χ3v) is 0.980. The lowest BCUT2D eigenvalue weighted by atomic mass is 10.1. The van der Waals surface area contributed by atoms with E-state index in [1.807, 2.05) is 0 Å². The van der Waals surface area contributed by atoms with E-state index in [0.29, 0.717) is 0 Å². The van der Waals surface area contributed by atoms with Crippen molar-refractivity contribution in [1.82, 2.24) is 0 Å². The van der Waals surface area contributed by atoms with E-state index in [9.17, 15) is 14.4 Å². The molecule has 56 valence electrons. The van der Waals surface area contributed by atoms with Gasteiger partial charge in [-0.05, 0) is 6.92 Å². The third-order valence-electron chi connectivity index (χ3n) is 0.980. The van der Waals surface area contributed by atoms with Gasteiger partial charge in [0.05, 0.1) is 0 Å². The molecule has 0 spiro atoms. The van der Waals surface area contributed by atoms with Crippen molar-refractivity contribution >= 4 is 17.3 Å². The normalized spacial score (nSPS) is 12.3. The van der Waals surface area contributed by atoms with Gasteiger partial charge in [0, 0.05) is 6.92 Å². The summed E-state index contributed by atoms with van der Waals surface area (Å²) < 4.78 is 0. The lowest BCUT2D eigenvalue weighted by molar-refractivity contribution is -0.145. The Morgan fingerprint density at radius 1 is 1.20 bits per heavy atom. The van der Waals surface area contributed by atoms with Crippen molar-refractivity contribution in [3.8, 4) is 0 Å². The first-order valence-electron chi connectivity index (χ1n) is 2.70. The van der Waals surface area contributed by atoms with Crippen LogP contribution in [-0.2, 0) is 14.4 Å². The molecule has 0 fully saturated rings. The number of Topliss-reactive ketones (excluding diaryl/α,β-unsaturated/α-hetero) is 3. The highest BCUT2D eigenvalue weighted by atomic mass is 16.3. The summed E-state index contributed by atoms with van der Waals surface area (Å²) in [5.41, 5.74) is 0. The Bertz CT molecular complexity index is 182. The van der Waals surface area contributed by atoms with Crippen LogP contribution in [0.25, 0.3) is 0 Å². The maximum Gasteiger partial charge on any atom is 0.234 e. The second-order valence-corrected chi connectivity index (χ2v) is 1.93. The second kappa shape index (κ2) is 3.22. The van der Waals surface area contributed by atoms with E-state index in [0.717, 1.165) is 13.8 Å². The lowest BCUT2D eigenvalue weighted by Crippen LogP contribution is -2.32. The molecule has 0 aliphatic rings. The van der Waals surface area contributed by atoms with Crippen LogP contribution in [-0.4, -0.2) is 28.6 Å². The highest BCUT2D eigenvalue weighted by molar-refractivity contribution is 6.41. The summed E-state index contributed by atoms with van der Waals surface area (Å²) in [5, 5.41) is 8.65. The van der Waals surface area contributed by atoms with Crippen molar-refractivity contribution in [3.63, 3.8) is 0 Å². The minimum atomic E-state index is -1.77. The molecule has 0 heterocycles. The van der Waals surface area contributed by atoms with Crippen LogP contribution in [0.4, 0.5) is 0 Å². The van der Waals surface area contributed by atoms with Gasteiger partial charge in [-0.2, -0.15) is 0 Å². The van der Waals surface area contributed by atoms with Crippen LogP contribution in [0.3, 0.4) is 0 Å². The van der Waals surface area contributed by atoms with Crippen LogP contribution in [0, 0.1) is 0 Å². The average molecular weight is 144 g/mol. The predicted molar refractivity (Wildman–Crippen MR) is 32.4 cm³/mol. The van der Waals surface area contributed by atoms with Gasteiger partial charge in [-0.1, -0.05) is 0 Å². The van der Waals surface area contributed by atoms with Crippen molar-refractivity contribution in [2.45, 2.75) is 20.0 Å². The quantitative estimate of drug-likeness (QED) is 0.411. The first-order valence-corrected chi connectivity index (χ1v) is 2.70. The fraction of sp³-hybridized carbons (Fsp3) is 0.500. The first kappa shape index (κ1) is 8.97. The van der Waals surface area contributed by atoms with Crippen LogP contribution < -0.4 is 0 Å². The van der Waals surface area contributed by atoms with Crippen molar-refractivity contribution in [3.05, 3.63) is 0 Å². The van der Waals surface area contributed by atoms with Gasteiger partial charge in [0.25, 0.3) is 0 Å². The van der Waals surface area contributed by atoms with Gasteiger partial charge in [0.15, 0.2) is 17.7 Å². The molecule has 0 saturated carbocycles. The van der Waals surface area contributed by atoms with Crippen LogP contribution in [0.15, 0.2) is 0 Å². The average Bonchev–Trinajstić information content (AvgIpc) is 1.84. The van der Waals surface area contributed by atoms with Gasteiger partial charge in [-0.25, -0.2) is 0 Å². The van der Waals surface area contributed by atoms with Gasteiger partial charge in [0.2, 0.25) is 5.78 Å². The molecule has 0 saturated heterocycles. The molecule has 4 nitrogen and oxygen atoms in total. The van der Waals surface area contributed by atoms with Gasteiger partial charge < -0.3 is 5.11 Å². The van der Waals surface area contributed by atoms with Gasteiger partial charge in [-0.3, -0.25) is 14.4 Å². The minimum Gasteiger partial charge on any atom is -0.377 e. The van der Waals surface area contributed by atoms with Crippen molar-refractivity contribution < 1.29 is 19.5 Å². The molecule has 0 bridgehead atoms. The fourth-order valence-electron chi connectivity index (χ4n) is 0.377. The van der Waals surface area contributed by atoms with Crippen LogP contribution >= 0.6 is 0 Å². The molecule has 0 rings (SSSR count). The Morgan fingerprint density at radius 3 is 1.70 bits per heavy atom. The molecule has 0 aromatic heterocycles. The molecule has 1 atom stereocenters. The number of ketones is 3. The molecule has 0 radical (unpaired) electrons. The molecular formula is C6H8O4. The summed E-state index contributed by atoms with van der Waals surface area (Å²) in [6.07, 6.45) is -1.77. The Morgan fingerprint density at radius 2 is 1.60 bits per heavy atom. The molecule has 0 aromatic rings.